The maximum absolute atomic E-state index is 10.7. The SMILES string of the molecule is COc1ccc([C@H](CN)CC=O)cc1OC1CCCC1. The van der Waals surface area contributed by atoms with Gasteiger partial charge >= 0.3 is 0 Å². The summed E-state index contributed by atoms with van der Waals surface area (Å²) in [5.74, 6) is 1.55. The average Bonchev–Trinajstić information content (AvgIpc) is 2.97. The van der Waals surface area contributed by atoms with Crippen LogP contribution in [-0.4, -0.2) is 26.0 Å². The van der Waals surface area contributed by atoms with Crippen LogP contribution in [0.1, 0.15) is 43.6 Å². The van der Waals surface area contributed by atoms with Crippen molar-refractivity contribution in [3.05, 3.63) is 23.8 Å². The van der Waals surface area contributed by atoms with Crippen molar-refractivity contribution in [1.82, 2.24) is 0 Å². The highest BCUT2D eigenvalue weighted by Crippen LogP contribution is 2.34. The maximum atomic E-state index is 10.7. The molecule has 0 spiro atoms. The van der Waals surface area contributed by atoms with Crippen molar-refractivity contribution >= 4 is 6.29 Å². The molecule has 4 nitrogen and oxygen atoms in total. The van der Waals surface area contributed by atoms with Crippen molar-refractivity contribution in [3.8, 4) is 11.5 Å². The Hall–Kier alpha value is -1.55. The molecule has 0 unspecified atom stereocenters. The van der Waals surface area contributed by atoms with Gasteiger partial charge in [-0.25, -0.2) is 0 Å². The lowest BCUT2D eigenvalue weighted by Gasteiger charge is -2.19. The Morgan fingerprint density at radius 3 is 2.70 bits per heavy atom. The minimum Gasteiger partial charge on any atom is -0.493 e. The molecule has 0 aliphatic heterocycles. The highest BCUT2D eigenvalue weighted by atomic mass is 16.5. The van der Waals surface area contributed by atoms with Crippen molar-refractivity contribution in [2.24, 2.45) is 5.73 Å². The molecule has 0 heterocycles. The van der Waals surface area contributed by atoms with E-state index < -0.39 is 0 Å². The van der Waals surface area contributed by atoms with Gasteiger partial charge in [-0.15, -0.1) is 0 Å². The second kappa shape index (κ2) is 7.29. The fraction of sp³-hybridized carbons (Fsp3) is 0.562. The third-order valence-corrected chi connectivity index (χ3v) is 3.92. The highest BCUT2D eigenvalue weighted by Gasteiger charge is 2.19. The van der Waals surface area contributed by atoms with Gasteiger partial charge in [0.15, 0.2) is 11.5 Å². The van der Waals surface area contributed by atoms with Crippen LogP contribution in [0.5, 0.6) is 11.5 Å². The van der Waals surface area contributed by atoms with Gasteiger partial charge in [-0.1, -0.05) is 6.07 Å². The fourth-order valence-electron chi connectivity index (χ4n) is 2.71. The maximum Gasteiger partial charge on any atom is 0.161 e. The molecule has 20 heavy (non-hydrogen) atoms. The Morgan fingerprint density at radius 1 is 1.35 bits per heavy atom. The zero-order valence-electron chi connectivity index (χ0n) is 12.0. The number of carbonyl (C=O) groups is 1. The van der Waals surface area contributed by atoms with Gasteiger partial charge in [0.05, 0.1) is 13.2 Å². The Balaban J connectivity index is 2.20. The van der Waals surface area contributed by atoms with Crippen LogP contribution in [0.4, 0.5) is 0 Å². The van der Waals surface area contributed by atoms with Crippen molar-refractivity contribution in [3.63, 3.8) is 0 Å². The summed E-state index contributed by atoms with van der Waals surface area (Å²) in [4.78, 5) is 10.7. The molecular formula is C16H23NO3. The molecule has 1 aromatic carbocycles. The second-order valence-corrected chi connectivity index (χ2v) is 5.27. The van der Waals surface area contributed by atoms with E-state index in [0.717, 1.165) is 36.2 Å². The third kappa shape index (κ3) is 3.51. The molecule has 1 saturated carbocycles. The first-order chi connectivity index (χ1) is 9.78. The molecule has 0 amide bonds. The molecule has 0 aromatic heterocycles. The number of rotatable bonds is 7. The fourth-order valence-corrected chi connectivity index (χ4v) is 2.71. The first kappa shape index (κ1) is 14.9. The standard InChI is InChI=1S/C16H23NO3/c1-19-15-7-6-12(13(11-17)8-9-18)10-16(15)20-14-4-2-3-5-14/h6-7,9-10,13-14H,2-5,8,11,17H2,1H3/t13-/m0/s1. The number of carbonyl (C=O) groups excluding carboxylic acids is 1. The number of hydrogen-bond donors (Lipinski definition) is 1. The summed E-state index contributed by atoms with van der Waals surface area (Å²) in [6, 6.07) is 5.83. The minimum atomic E-state index is 0.0457. The number of ether oxygens (including phenoxy) is 2. The molecule has 0 saturated heterocycles. The van der Waals surface area contributed by atoms with Gasteiger partial charge in [0.1, 0.15) is 6.29 Å². The van der Waals surface area contributed by atoms with Crippen molar-refractivity contribution in [2.75, 3.05) is 13.7 Å². The third-order valence-electron chi connectivity index (χ3n) is 3.92. The van der Waals surface area contributed by atoms with Crippen LogP contribution in [0.25, 0.3) is 0 Å². The Bertz CT molecular complexity index is 441. The molecular weight excluding hydrogens is 254 g/mol. The first-order valence-corrected chi connectivity index (χ1v) is 7.26. The van der Waals surface area contributed by atoms with Gasteiger partial charge in [-0.05, 0) is 49.9 Å². The van der Waals surface area contributed by atoms with Crippen molar-refractivity contribution in [2.45, 2.75) is 44.1 Å². The van der Waals surface area contributed by atoms with Crippen molar-refractivity contribution in [1.29, 1.82) is 0 Å². The number of benzene rings is 1. The summed E-state index contributed by atoms with van der Waals surface area (Å²) in [6.07, 6.45) is 6.28. The minimum absolute atomic E-state index is 0.0457. The summed E-state index contributed by atoms with van der Waals surface area (Å²) in [7, 11) is 1.64. The van der Waals surface area contributed by atoms with E-state index in [1.165, 1.54) is 12.8 Å². The molecule has 0 radical (unpaired) electrons. The number of methoxy groups -OCH3 is 1. The van der Waals surface area contributed by atoms with Crippen LogP contribution in [0, 0.1) is 0 Å². The van der Waals surface area contributed by atoms with Crippen LogP contribution >= 0.6 is 0 Å². The summed E-state index contributed by atoms with van der Waals surface area (Å²) >= 11 is 0. The molecule has 1 aliphatic carbocycles. The van der Waals surface area contributed by atoms with E-state index in [1.807, 2.05) is 18.2 Å². The Labute approximate surface area is 120 Å². The zero-order valence-corrected chi connectivity index (χ0v) is 12.0. The molecule has 2 rings (SSSR count). The van der Waals surface area contributed by atoms with E-state index in [1.54, 1.807) is 7.11 Å². The smallest absolute Gasteiger partial charge is 0.161 e. The van der Waals surface area contributed by atoms with E-state index in [2.05, 4.69) is 0 Å². The highest BCUT2D eigenvalue weighted by molar-refractivity contribution is 5.53. The van der Waals surface area contributed by atoms with Gasteiger partial charge in [0, 0.05) is 12.3 Å². The molecule has 4 heteroatoms. The van der Waals surface area contributed by atoms with Crippen LogP contribution < -0.4 is 15.2 Å². The molecule has 1 aliphatic rings. The molecule has 1 atom stereocenters. The van der Waals surface area contributed by atoms with Crippen LogP contribution in [0.15, 0.2) is 18.2 Å². The van der Waals surface area contributed by atoms with Gasteiger partial charge in [-0.3, -0.25) is 0 Å². The summed E-state index contributed by atoms with van der Waals surface area (Å²) in [5.41, 5.74) is 6.78. The van der Waals surface area contributed by atoms with E-state index in [-0.39, 0.29) is 12.0 Å². The summed E-state index contributed by atoms with van der Waals surface area (Å²) in [5, 5.41) is 0. The Kier molecular flexibility index (Phi) is 5.41. The topological polar surface area (TPSA) is 61.5 Å². The van der Waals surface area contributed by atoms with Crippen LogP contribution in [-0.2, 0) is 4.79 Å². The zero-order chi connectivity index (χ0) is 14.4. The molecule has 2 N–H and O–H groups in total. The number of nitrogens with two attached hydrogens (primary N) is 1. The largest absolute Gasteiger partial charge is 0.493 e. The molecule has 110 valence electrons. The normalized spacial score (nSPS) is 16.9. The average molecular weight is 277 g/mol. The van der Waals surface area contributed by atoms with Gasteiger partial charge in [-0.2, -0.15) is 0 Å². The lowest BCUT2D eigenvalue weighted by atomic mass is 9.96. The van der Waals surface area contributed by atoms with E-state index in [9.17, 15) is 4.79 Å². The van der Waals surface area contributed by atoms with E-state index >= 15 is 0 Å². The van der Waals surface area contributed by atoms with E-state index in [0.29, 0.717) is 13.0 Å². The lowest BCUT2D eigenvalue weighted by Crippen LogP contribution is -2.15. The second-order valence-electron chi connectivity index (χ2n) is 5.27. The number of aldehydes is 1. The molecule has 1 aromatic rings. The monoisotopic (exact) mass is 277 g/mol. The van der Waals surface area contributed by atoms with Crippen LogP contribution in [0.3, 0.4) is 0 Å². The van der Waals surface area contributed by atoms with Gasteiger partial charge in [0.2, 0.25) is 0 Å². The molecule has 0 bridgehead atoms. The van der Waals surface area contributed by atoms with Crippen LogP contribution in [0.2, 0.25) is 0 Å². The first-order valence-electron chi connectivity index (χ1n) is 7.26. The van der Waals surface area contributed by atoms with E-state index in [4.69, 9.17) is 15.2 Å². The van der Waals surface area contributed by atoms with Crippen molar-refractivity contribution < 1.29 is 14.3 Å². The Morgan fingerprint density at radius 2 is 2.10 bits per heavy atom. The predicted octanol–water partition coefficient (Wildman–Crippen LogP) is 2.65. The van der Waals surface area contributed by atoms with Gasteiger partial charge < -0.3 is 20.0 Å². The molecule has 1 fully saturated rings. The number of hydrogen-bond acceptors (Lipinski definition) is 4. The quantitative estimate of drug-likeness (QED) is 0.778. The summed E-state index contributed by atoms with van der Waals surface area (Å²) < 4.78 is 11.4. The predicted molar refractivity (Wildman–Crippen MR) is 78.4 cm³/mol. The lowest BCUT2D eigenvalue weighted by molar-refractivity contribution is -0.108. The van der Waals surface area contributed by atoms with Gasteiger partial charge in [0.25, 0.3) is 0 Å². The summed E-state index contributed by atoms with van der Waals surface area (Å²) in [6.45, 7) is 0.452.